The van der Waals surface area contributed by atoms with Crippen LogP contribution >= 0.6 is 23.2 Å². The molecule has 0 saturated heterocycles. The molecule has 0 spiro atoms. The standard InChI is InChI=1S/C28H31Cl2N3/c29-22-11-13-24-21(19-22)9-8-10-26(24)31-16-6-4-2-1-3-5-7-17-32-27-15-18-33-28-20-23(30)12-14-25(27)28/h8-15,18-20,31H,1-7,16-17H2,(H,32,33). The lowest BCUT2D eigenvalue weighted by atomic mass is 10.1. The third-order valence-electron chi connectivity index (χ3n) is 6.03. The molecule has 33 heavy (non-hydrogen) atoms. The van der Waals surface area contributed by atoms with Gasteiger partial charge in [-0.2, -0.15) is 0 Å². The fourth-order valence-electron chi connectivity index (χ4n) is 4.26. The van der Waals surface area contributed by atoms with Gasteiger partial charge >= 0.3 is 0 Å². The second-order valence-corrected chi connectivity index (χ2v) is 9.39. The minimum Gasteiger partial charge on any atom is -0.385 e. The van der Waals surface area contributed by atoms with Crippen molar-refractivity contribution in [3.63, 3.8) is 0 Å². The highest BCUT2D eigenvalue weighted by Crippen LogP contribution is 2.26. The second kappa shape index (κ2) is 12.1. The Morgan fingerprint density at radius 3 is 1.94 bits per heavy atom. The maximum atomic E-state index is 6.11. The maximum Gasteiger partial charge on any atom is 0.0737 e. The van der Waals surface area contributed by atoms with E-state index >= 15 is 0 Å². The van der Waals surface area contributed by atoms with Crippen LogP contribution in [-0.4, -0.2) is 18.1 Å². The van der Waals surface area contributed by atoms with Gasteiger partial charge in [0, 0.05) is 51.5 Å². The Balaban J connectivity index is 1.07. The highest BCUT2D eigenvalue weighted by Gasteiger charge is 2.03. The lowest BCUT2D eigenvalue weighted by Gasteiger charge is -2.10. The first-order valence-corrected chi connectivity index (χ1v) is 12.7. The van der Waals surface area contributed by atoms with E-state index in [0.29, 0.717) is 0 Å². The Bertz CT molecular complexity index is 1100. The fraction of sp³-hybridized carbons (Fsp3) is 0.321. The van der Waals surface area contributed by atoms with E-state index in [1.807, 2.05) is 42.6 Å². The normalized spacial score (nSPS) is 11.2. The molecular formula is C28H31Cl2N3. The van der Waals surface area contributed by atoms with Gasteiger partial charge < -0.3 is 10.6 Å². The van der Waals surface area contributed by atoms with E-state index in [0.717, 1.165) is 39.7 Å². The Morgan fingerprint density at radius 1 is 0.606 bits per heavy atom. The smallest absolute Gasteiger partial charge is 0.0737 e. The molecule has 0 aliphatic heterocycles. The van der Waals surface area contributed by atoms with E-state index in [-0.39, 0.29) is 0 Å². The van der Waals surface area contributed by atoms with Crippen molar-refractivity contribution in [3.05, 3.63) is 76.9 Å². The summed E-state index contributed by atoms with van der Waals surface area (Å²) in [4.78, 5) is 4.40. The first kappa shape index (κ1) is 23.7. The Labute approximate surface area is 206 Å². The first-order valence-electron chi connectivity index (χ1n) is 11.9. The van der Waals surface area contributed by atoms with Gasteiger partial charge in [0.25, 0.3) is 0 Å². The summed E-state index contributed by atoms with van der Waals surface area (Å²) in [5.74, 6) is 0. The van der Waals surface area contributed by atoms with Gasteiger partial charge in [-0.15, -0.1) is 0 Å². The molecular weight excluding hydrogens is 449 g/mol. The molecule has 2 N–H and O–H groups in total. The predicted molar refractivity (Wildman–Crippen MR) is 145 cm³/mol. The largest absolute Gasteiger partial charge is 0.385 e. The number of benzene rings is 3. The zero-order valence-electron chi connectivity index (χ0n) is 18.9. The van der Waals surface area contributed by atoms with E-state index in [2.05, 4.69) is 39.9 Å². The van der Waals surface area contributed by atoms with Crippen molar-refractivity contribution in [3.8, 4) is 0 Å². The van der Waals surface area contributed by atoms with E-state index in [1.54, 1.807) is 0 Å². The molecule has 172 valence electrons. The molecule has 1 heterocycles. The molecule has 5 heteroatoms. The van der Waals surface area contributed by atoms with Crippen molar-refractivity contribution in [1.82, 2.24) is 4.98 Å². The van der Waals surface area contributed by atoms with Crippen molar-refractivity contribution < 1.29 is 0 Å². The Morgan fingerprint density at radius 2 is 1.21 bits per heavy atom. The average Bonchev–Trinajstić information content (AvgIpc) is 2.82. The number of fused-ring (bicyclic) bond motifs is 2. The summed E-state index contributed by atoms with van der Waals surface area (Å²) in [5.41, 5.74) is 3.27. The van der Waals surface area contributed by atoms with E-state index in [1.165, 1.54) is 61.4 Å². The summed E-state index contributed by atoms with van der Waals surface area (Å²) >= 11 is 12.2. The minimum atomic E-state index is 0.724. The summed E-state index contributed by atoms with van der Waals surface area (Å²) in [6.07, 6.45) is 10.7. The molecule has 0 amide bonds. The molecule has 0 unspecified atom stereocenters. The lowest BCUT2D eigenvalue weighted by molar-refractivity contribution is 0.591. The molecule has 0 aliphatic carbocycles. The Hall–Kier alpha value is -2.49. The SMILES string of the molecule is Clc1ccc2c(NCCCCCCCCCNc3ccnc4cc(Cl)ccc34)cccc2c1. The number of aromatic nitrogens is 1. The number of rotatable bonds is 12. The van der Waals surface area contributed by atoms with Crippen LogP contribution in [0.3, 0.4) is 0 Å². The number of nitrogens with one attached hydrogen (secondary N) is 2. The summed E-state index contributed by atoms with van der Waals surface area (Å²) in [6.45, 7) is 2.00. The second-order valence-electron chi connectivity index (χ2n) is 8.52. The van der Waals surface area contributed by atoms with Crippen LogP contribution in [0.2, 0.25) is 10.0 Å². The zero-order chi connectivity index (χ0) is 22.9. The average molecular weight is 480 g/mol. The Kier molecular flexibility index (Phi) is 8.68. The number of hydrogen-bond donors (Lipinski definition) is 2. The predicted octanol–water partition coefficient (Wildman–Crippen LogP) is 8.95. The topological polar surface area (TPSA) is 37.0 Å². The monoisotopic (exact) mass is 479 g/mol. The van der Waals surface area contributed by atoms with Gasteiger partial charge in [-0.25, -0.2) is 0 Å². The molecule has 0 radical (unpaired) electrons. The third kappa shape index (κ3) is 6.75. The third-order valence-corrected chi connectivity index (χ3v) is 6.50. The van der Waals surface area contributed by atoms with Crippen molar-refractivity contribution in [2.24, 2.45) is 0 Å². The van der Waals surface area contributed by atoms with Gasteiger partial charge in [0.1, 0.15) is 0 Å². The summed E-state index contributed by atoms with van der Waals surface area (Å²) < 4.78 is 0. The van der Waals surface area contributed by atoms with Crippen LogP contribution in [0.25, 0.3) is 21.7 Å². The molecule has 3 nitrogen and oxygen atoms in total. The molecule has 0 fully saturated rings. The van der Waals surface area contributed by atoms with Crippen LogP contribution in [0.4, 0.5) is 11.4 Å². The molecule has 4 aromatic rings. The van der Waals surface area contributed by atoms with E-state index in [4.69, 9.17) is 23.2 Å². The summed E-state index contributed by atoms with van der Waals surface area (Å²) in [5, 5.41) is 12.2. The summed E-state index contributed by atoms with van der Waals surface area (Å²) in [6, 6.07) is 20.3. The fourth-order valence-corrected chi connectivity index (χ4v) is 4.61. The molecule has 0 atom stereocenters. The molecule has 4 rings (SSSR count). The van der Waals surface area contributed by atoms with Gasteiger partial charge in [-0.1, -0.05) is 73.5 Å². The highest BCUT2D eigenvalue weighted by atomic mass is 35.5. The molecule has 0 aliphatic rings. The number of halogens is 2. The van der Waals surface area contributed by atoms with Crippen LogP contribution in [0.15, 0.2) is 66.9 Å². The van der Waals surface area contributed by atoms with Gasteiger partial charge in [-0.3, -0.25) is 4.98 Å². The molecule has 0 bridgehead atoms. The number of anilines is 2. The highest BCUT2D eigenvalue weighted by molar-refractivity contribution is 6.31. The van der Waals surface area contributed by atoms with Crippen LogP contribution in [0.5, 0.6) is 0 Å². The van der Waals surface area contributed by atoms with Crippen molar-refractivity contribution in [2.45, 2.75) is 44.9 Å². The van der Waals surface area contributed by atoms with Crippen molar-refractivity contribution >= 4 is 56.3 Å². The number of unbranched alkanes of at least 4 members (excludes halogenated alkanes) is 6. The van der Waals surface area contributed by atoms with Crippen LogP contribution in [-0.2, 0) is 0 Å². The van der Waals surface area contributed by atoms with Crippen molar-refractivity contribution in [1.29, 1.82) is 0 Å². The maximum absolute atomic E-state index is 6.11. The molecule has 0 saturated carbocycles. The van der Waals surface area contributed by atoms with Gasteiger partial charge in [0.2, 0.25) is 0 Å². The summed E-state index contributed by atoms with van der Waals surface area (Å²) in [7, 11) is 0. The van der Waals surface area contributed by atoms with Crippen LogP contribution in [0, 0.1) is 0 Å². The van der Waals surface area contributed by atoms with Crippen molar-refractivity contribution in [2.75, 3.05) is 23.7 Å². The van der Waals surface area contributed by atoms with Crippen LogP contribution in [0.1, 0.15) is 44.9 Å². The number of hydrogen-bond acceptors (Lipinski definition) is 3. The van der Waals surface area contributed by atoms with Gasteiger partial charge in [0.05, 0.1) is 5.52 Å². The quantitative estimate of drug-likeness (QED) is 0.199. The van der Waals surface area contributed by atoms with Crippen LogP contribution < -0.4 is 10.6 Å². The van der Waals surface area contributed by atoms with Gasteiger partial charge in [0.15, 0.2) is 0 Å². The number of nitrogens with zero attached hydrogens (tertiary/aromatic N) is 1. The zero-order valence-corrected chi connectivity index (χ0v) is 20.4. The lowest BCUT2D eigenvalue weighted by Crippen LogP contribution is -2.02. The molecule has 1 aromatic heterocycles. The van der Waals surface area contributed by atoms with E-state index in [9.17, 15) is 0 Å². The number of pyridine rings is 1. The van der Waals surface area contributed by atoms with E-state index < -0.39 is 0 Å². The molecule has 3 aromatic carbocycles. The van der Waals surface area contributed by atoms with Gasteiger partial charge in [-0.05, 0) is 60.7 Å². The minimum absolute atomic E-state index is 0.724. The first-order chi connectivity index (χ1) is 16.2.